The Morgan fingerprint density at radius 1 is 0.417 bits per heavy atom. The minimum Gasteiger partial charge on any atom is -0.0654 e. The summed E-state index contributed by atoms with van der Waals surface area (Å²) in [6, 6.07) is 0. The van der Waals surface area contributed by atoms with E-state index in [1.54, 1.807) is 0 Å². The van der Waals surface area contributed by atoms with Crippen LogP contribution in [-0.4, -0.2) is 24.6 Å². The number of halogens is 2. The fraction of sp³-hybridized carbons (Fsp3) is 1.00. The lowest BCUT2D eigenvalue weighted by Crippen LogP contribution is -1.85. The molecule has 0 nitrogen and oxygen atoms in total. The van der Waals surface area contributed by atoms with E-state index >= 15 is 0 Å². The maximum absolute atomic E-state index is 3.77. The molecule has 0 aromatic rings. The third-order valence-electron chi connectivity index (χ3n) is 3.94. The molecular formula is C20H44Br2P2. The van der Waals surface area contributed by atoms with Crippen molar-refractivity contribution < 1.29 is 0 Å². The highest BCUT2D eigenvalue weighted by molar-refractivity contribution is 9.39. The van der Waals surface area contributed by atoms with Crippen LogP contribution in [0, 0.1) is 0 Å². The number of hydrogen-bond acceptors (Lipinski definition) is 0. The van der Waals surface area contributed by atoms with Crippen molar-refractivity contribution in [3.05, 3.63) is 0 Å². The highest BCUT2D eigenvalue weighted by Gasteiger charge is 2.01. The van der Waals surface area contributed by atoms with Crippen molar-refractivity contribution in [2.45, 2.75) is 105 Å². The molecule has 0 N–H and O–H groups in total. The van der Waals surface area contributed by atoms with Crippen molar-refractivity contribution in [1.82, 2.24) is 0 Å². The summed E-state index contributed by atoms with van der Waals surface area (Å²) < 4.78 is 0. The zero-order chi connectivity index (χ0) is 18.5. The zero-order valence-corrected chi connectivity index (χ0v) is 21.9. The van der Waals surface area contributed by atoms with E-state index in [0.29, 0.717) is 0 Å². The van der Waals surface area contributed by atoms with Crippen LogP contribution in [0.4, 0.5) is 0 Å². The van der Waals surface area contributed by atoms with Crippen LogP contribution >= 0.6 is 44.2 Å². The van der Waals surface area contributed by atoms with Crippen LogP contribution in [0.2, 0.25) is 0 Å². The Morgan fingerprint density at radius 3 is 1.04 bits per heavy atom. The average Bonchev–Trinajstić information content (AvgIpc) is 2.56. The average molecular weight is 506 g/mol. The molecule has 148 valence electrons. The lowest BCUT2D eigenvalue weighted by molar-refractivity contribution is 0.658. The Hall–Kier alpha value is 1.82. The molecule has 0 saturated carbocycles. The van der Waals surface area contributed by atoms with Gasteiger partial charge in [-0.2, -0.15) is 0 Å². The normalized spacial score (nSPS) is 13.2. The van der Waals surface area contributed by atoms with Crippen molar-refractivity contribution >= 4 is 44.2 Å². The molecule has 0 spiro atoms. The minimum absolute atomic E-state index is 0.211. The van der Waals surface area contributed by atoms with E-state index in [4.69, 9.17) is 0 Å². The predicted octanol–water partition coefficient (Wildman–Crippen LogP) is 10.3. The maximum atomic E-state index is 3.77. The van der Waals surface area contributed by atoms with Gasteiger partial charge in [-0.3, -0.25) is 0 Å². The molecule has 0 radical (unpaired) electrons. The Labute approximate surface area is 173 Å². The molecule has 0 aromatic heterocycles. The first-order chi connectivity index (χ1) is 11.6. The summed E-state index contributed by atoms with van der Waals surface area (Å²) >= 11 is 7.54. The molecule has 4 heteroatoms. The Balaban J connectivity index is 0. The molecule has 2 unspecified atom stereocenters. The van der Waals surface area contributed by atoms with Crippen molar-refractivity contribution in [3.8, 4) is 0 Å². The molecule has 2 atom stereocenters. The lowest BCUT2D eigenvalue weighted by Gasteiger charge is -2.07. The van der Waals surface area contributed by atoms with E-state index in [1.165, 1.54) is 102 Å². The molecule has 0 aliphatic carbocycles. The summed E-state index contributed by atoms with van der Waals surface area (Å²) in [7, 11) is 0. The van der Waals surface area contributed by atoms with E-state index in [2.05, 4.69) is 58.7 Å². The van der Waals surface area contributed by atoms with E-state index in [1.807, 2.05) is 0 Å². The van der Waals surface area contributed by atoms with Crippen LogP contribution in [0.3, 0.4) is 0 Å². The van der Waals surface area contributed by atoms with Gasteiger partial charge in [0.05, 0.1) is 0 Å². The predicted molar refractivity (Wildman–Crippen MR) is 129 cm³/mol. The van der Waals surface area contributed by atoms with Gasteiger partial charge in [0.2, 0.25) is 0 Å². The van der Waals surface area contributed by atoms with Gasteiger partial charge >= 0.3 is 0 Å². The van der Waals surface area contributed by atoms with Gasteiger partial charge in [-0.15, -0.1) is 0 Å². The molecule has 0 rings (SSSR count). The van der Waals surface area contributed by atoms with Gasteiger partial charge in [0.25, 0.3) is 0 Å². The van der Waals surface area contributed by atoms with Crippen molar-refractivity contribution in [3.63, 3.8) is 0 Å². The molecule has 24 heavy (non-hydrogen) atoms. The molecule has 0 aromatic carbocycles. The van der Waals surface area contributed by atoms with Gasteiger partial charge in [-0.05, 0) is 50.7 Å². The summed E-state index contributed by atoms with van der Waals surface area (Å²) in [5, 5.41) is 0. The first-order valence-electron chi connectivity index (χ1n) is 10.4. The van der Waals surface area contributed by atoms with Gasteiger partial charge in [-0.1, -0.05) is 123 Å². The van der Waals surface area contributed by atoms with E-state index < -0.39 is 0 Å². The number of unbranched alkanes of at least 4 members (excludes halogenated alkanes) is 8. The van der Waals surface area contributed by atoms with Crippen molar-refractivity contribution in [2.75, 3.05) is 24.6 Å². The lowest BCUT2D eigenvalue weighted by atomic mass is 10.2. The highest BCUT2D eigenvalue weighted by atomic mass is 79.9. The topological polar surface area (TPSA) is 0 Å². The quantitative estimate of drug-likeness (QED) is 0.144. The second-order valence-corrected chi connectivity index (χ2v) is 16.3. The van der Waals surface area contributed by atoms with Crippen LogP contribution in [0.25, 0.3) is 0 Å². The van der Waals surface area contributed by atoms with Gasteiger partial charge in [0.1, 0.15) is 0 Å². The molecular weight excluding hydrogens is 462 g/mol. The molecule has 0 amide bonds. The van der Waals surface area contributed by atoms with Gasteiger partial charge in [-0.25, -0.2) is 0 Å². The molecule has 0 heterocycles. The number of rotatable bonds is 16. The van der Waals surface area contributed by atoms with Crippen LogP contribution in [0.1, 0.15) is 105 Å². The smallest absolute Gasteiger partial charge is 0.0227 e. The fourth-order valence-corrected chi connectivity index (χ4v) is 8.67. The van der Waals surface area contributed by atoms with Gasteiger partial charge < -0.3 is 0 Å². The number of hydrogen-bond donors (Lipinski definition) is 0. The van der Waals surface area contributed by atoms with Crippen molar-refractivity contribution in [1.29, 1.82) is 0 Å². The van der Waals surface area contributed by atoms with E-state index in [-0.39, 0.29) is 13.2 Å². The minimum atomic E-state index is 0.211. The first kappa shape index (κ1) is 28.0. The molecule has 0 aliphatic heterocycles. The SMILES string of the molecule is CCCCCCCP(Br)CCC.CCCCCCCP(Br)CCC. The summed E-state index contributed by atoms with van der Waals surface area (Å²) in [6.07, 6.45) is 22.6. The third-order valence-corrected chi connectivity index (χ3v) is 11.7. The van der Waals surface area contributed by atoms with E-state index in [9.17, 15) is 0 Å². The largest absolute Gasteiger partial charge is 0.0654 e. The standard InChI is InChI=1S/2C10H22BrP/c2*1-3-5-6-7-8-10-12(11)9-4-2/h2*3-10H2,1-2H3. The van der Waals surface area contributed by atoms with E-state index in [0.717, 1.165) is 0 Å². The van der Waals surface area contributed by atoms with Crippen LogP contribution in [0.15, 0.2) is 0 Å². The van der Waals surface area contributed by atoms with Gasteiger partial charge in [0, 0.05) is 0 Å². The second-order valence-electron chi connectivity index (χ2n) is 6.65. The first-order valence-corrected chi connectivity index (χ1v) is 17.9. The van der Waals surface area contributed by atoms with Crippen molar-refractivity contribution in [2.24, 2.45) is 0 Å². The molecule has 0 fully saturated rings. The summed E-state index contributed by atoms with van der Waals surface area (Å²) in [4.78, 5) is 0. The summed E-state index contributed by atoms with van der Waals surface area (Å²) in [5.41, 5.74) is 0. The zero-order valence-electron chi connectivity index (χ0n) is 17.0. The molecule has 0 bridgehead atoms. The fourth-order valence-electron chi connectivity index (χ4n) is 2.48. The summed E-state index contributed by atoms with van der Waals surface area (Å²) in [6.45, 7) is 9.51. The maximum Gasteiger partial charge on any atom is -0.0227 e. The van der Waals surface area contributed by atoms with Gasteiger partial charge in [0.15, 0.2) is 0 Å². The molecule has 0 saturated heterocycles. The molecule has 0 aliphatic rings. The monoisotopic (exact) mass is 504 g/mol. The third kappa shape index (κ3) is 26.1. The Bertz CT molecular complexity index is 194. The van der Waals surface area contributed by atoms with Crippen LogP contribution in [0.5, 0.6) is 0 Å². The highest BCUT2D eigenvalue weighted by Crippen LogP contribution is 2.45. The van der Waals surface area contributed by atoms with Crippen LogP contribution in [-0.2, 0) is 0 Å². The summed E-state index contributed by atoms with van der Waals surface area (Å²) in [5.74, 6) is 0. The second kappa shape index (κ2) is 24.8. The Kier molecular flexibility index (Phi) is 29.0. The van der Waals surface area contributed by atoms with Crippen LogP contribution < -0.4 is 0 Å². The Morgan fingerprint density at radius 2 is 0.750 bits per heavy atom.